The minimum Gasteiger partial charge on any atom is -0.383 e. The number of hydrogen-bond donors (Lipinski definition) is 1. The van der Waals surface area contributed by atoms with Gasteiger partial charge in [0, 0.05) is 31.0 Å². The quantitative estimate of drug-likeness (QED) is 0.863. The number of fused-ring (bicyclic) bond motifs is 1. The van der Waals surface area contributed by atoms with E-state index in [2.05, 4.69) is 48.6 Å². The number of likely N-dealkylation sites (N-methyl/N-ethyl adjacent to an activating group) is 1. The van der Waals surface area contributed by atoms with Crippen LogP contribution in [0, 0.1) is 0 Å². The summed E-state index contributed by atoms with van der Waals surface area (Å²) in [6.45, 7) is 3.41. The van der Waals surface area contributed by atoms with Crippen molar-refractivity contribution in [3.05, 3.63) is 23.8 Å². The van der Waals surface area contributed by atoms with Gasteiger partial charge in [-0.25, -0.2) is 0 Å². The van der Waals surface area contributed by atoms with Gasteiger partial charge in [-0.3, -0.25) is 0 Å². The molecule has 1 aromatic carbocycles. The maximum Gasteiger partial charge on any atom is 0.0398 e. The lowest BCUT2D eigenvalue weighted by Crippen LogP contribution is -2.16. The third-order valence-electron chi connectivity index (χ3n) is 3.38. The van der Waals surface area contributed by atoms with Crippen molar-refractivity contribution in [3.8, 4) is 0 Å². The maximum absolute atomic E-state index is 3.59. The van der Waals surface area contributed by atoms with Gasteiger partial charge in [-0.05, 0) is 55.5 Å². The van der Waals surface area contributed by atoms with Crippen LogP contribution in [0.3, 0.4) is 0 Å². The molecule has 2 nitrogen and oxygen atoms in total. The first-order valence-electron chi connectivity index (χ1n) is 6.30. The topological polar surface area (TPSA) is 15.3 Å². The molecule has 0 spiro atoms. The Balaban J connectivity index is 1.98. The largest absolute Gasteiger partial charge is 0.383 e. The number of nitrogens with one attached hydrogen (secondary N) is 1. The van der Waals surface area contributed by atoms with Gasteiger partial charge in [0.25, 0.3) is 0 Å². The van der Waals surface area contributed by atoms with E-state index in [0.717, 1.165) is 6.54 Å². The molecule has 0 amide bonds. The molecule has 1 atom stereocenters. The lowest BCUT2D eigenvalue weighted by molar-refractivity contribution is 0.772. The second-order valence-electron chi connectivity index (χ2n) is 4.84. The first-order chi connectivity index (χ1) is 8.20. The number of benzene rings is 1. The summed E-state index contributed by atoms with van der Waals surface area (Å²) in [6.07, 6.45) is 4.57. The molecular weight excluding hydrogens is 228 g/mol. The normalized spacial score (nSPS) is 15.8. The first-order valence-corrected chi connectivity index (χ1v) is 7.69. The molecule has 0 saturated carbocycles. The fourth-order valence-electron chi connectivity index (χ4n) is 2.31. The number of anilines is 2. The van der Waals surface area contributed by atoms with E-state index < -0.39 is 0 Å². The second kappa shape index (κ2) is 5.67. The first kappa shape index (κ1) is 12.6. The van der Waals surface area contributed by atoms with E-state index in [1.54, 1.807) is 0 Å². The van der Waals surface area contributed by atoms with Gasteiger partial charge in [0.05, 0.1) is 0 Å². The maximum atomic E-state index is 3.59. The zero-order valence-corrected chi connectivity index (χ0v) is 11.8. The van der Waals surface area contributed by atoms with Gasteiger partial charge < -0.3 is 10.2 Å². The highest BCUT2D eigenvalue weighted by Crippen LogP contribution is 2.29. The number of rotatable bonds is 5. The summed E-state index contributed by atoms with van der Waals surface area (Å²) in [6, 6.07) is 7.32. The van der Waals surface area contributed by atoms with Crippen LogP contribution < -0.4 is 10.2 Å². The molecule has 1 heterocycles. The molecule has 1 aliphatic rings. The molecule has 0 fully saturated rings. The molecule has 0 aromatic heterocycles. The minimum absolute atomic E-state index is 0.555. The highest BCUT2D eigenvalue weighted by molar-refractivity contribution is 7.98. The second-order valence-corrected chi connectivity index (χ2v) is 5.83. The summed E-state index contributed by atoms with van der Waals surface area (Å²) in [5.74, 6) is 1.22. The average Bonchev–Trinajstić information content (AvgIpc) is 2.68. The van der Waals surface area contributed by atoms with E-state index >= 15 is 0 Å². The Kier molecular flexibility index (Phi) is 4.21. The van der Waals surface area contributed by atoms with Crippen LogP contribution in [0.2, 0.25) is 0 Å². The molecule has 0 aliphatic carbocycles. The fourth-order valence-corrected chi connectivity index (χ4v) is 2.90. The Labute approximate surface area is 109 Å². The zero-order valence-electron chi connectivity index (χ0n) is 11.0. The van der Waals surface area contributed by atoms with Crippen molar-refractivity contribution >= 4 is 23.1 Å². The SMILES string of the molecule is CSCCC(C)Nc1ccc2c(c1)CCN2C. The highest BCUT2D eigenvalue weighted by atomic mass is 32.2. The van der Waals surface area contributed by atoms with Crippen molar-refractivity contribution in [1.29, 1.82) is 0 Å². The van der Waals surface area contributed by atoms with Crippen molar-refractivity contribution in [2.24, 2.45) is 0 Å². The Morgan fingerprint density at radius 3 is 3.06 bits per heavy atom. The van der Waals surface area contributed by atoms with Crippen molar-refractivity contribution in [3.63, 3.8) is 0 Å². The van der Waals surface area contributed by atoms with Crippen molar-refractivity contribution < 1.29 is 0 Å². The monoisotopic (exact) mass is 250 g/mol. The summed E-state index contributed by atoms with van der Waals surface area (Å²) < 4.78 is 0. The van der Waals surface area contributed by atoms with E-state index in [1.165, 1.54) is 35.5 Å². The van der Waals surface area contributed by atoms with Crippen LogP contribution in [0.15, 0.2) is 18.2 Å². The van der Waals surface area contributed by atoms with Gasteiger partial charge in [-0.1, -0.05) is 0 Å². The standard InChI is InChI=1S/C14H22N2S/c1-11(7-9-17-3)15-13-4-5-14-12(10-13)6-8-16(14)2/h4-5,10-11,15H,6-9H2,1-3H3. The van der Waals surface area contributed by atoms with Crippen molar-refractivity contribution in [2.75, 3.05) is 35.8 Å². The van der Waals surface area contributed by atoms with Gasteiger partial charge in [0.2, 0.25) is 0 Å². The molecule has 2 rings (SSSR count). The fraction of sp³-hybridized carbons (Fsp3) is 0.571. The molecule has 0 radical (unpaired) electrons. The van der Waals surface area contributed by atoms with Crippen molar-refractivity contribution in [1.82, 2.24) is 0 Å². The summed E-state index contributed by atoms with van der Waals surface area (Å²) in [5, 5.41) is 3.59. The van der Waals surface area contributed by atoms with E-state index in [0.29, 0.717) is 6.04 Å². The predicted molar refractivity (Wildman–Crippen MR) is 79.5 cm³/mol. The molecule has 0 saturated heterocycles. The molecule has 3 heteroatoms. The smallest absolute Gasteiger partial charge is 0.0398 e. The van der Waals surface area contributed by atoms with Gasteiger partial charge >= 0.3 is 0 Å². The van der Waals surface area contributed by atoms with E-state index in [1.807, 2.05) is 11.8 Å². The van der Waals surface area contributed by atoms with Gasteiger partial charge in [0.15, 0.2) is 0 Å². The third-order valence-corrected chi connectivity index (χ3v) is 4.02. The predicted octanol–water partition coefficient (Wildman–Crippen LogP) is 3.23. The molecule has 17 heavy (non-hydrogen) atoms. The Morgan fingerprint density at radius 2 is 2.29 bits per heavy atom. The van der Waals surface area contributed by atoms with Gasteiger partial charge in [0.1, 0.15) is 0 Å². The molecule has 0 bridgehead atoms. The Bertz CT molecular complexity index is 378. The molecule has 1 aliphatic heterocycles. The lowest BCUT2D eigenvalue weighted by atomic mass is 10.1. The lowest BCUT2D eigenvalue weighted by Gasteiger charge is -2.16. The highest BCUT2D eigenvalue weighted by Gasteiger charge is 2.15. The third kappa shape index (κ3) is 3.09. The van der Waals surface area contributed by atoms with Crippen molar-refractivity contribution in [2.45, 2.75) is 25.8 Å². The summed E-state index contributed by atoms with van der Waals surface area (Å²) >= 11 is 1.91. The van der Waals surface area contributed by atoms with E-state index in [4.69, 9.17) is 0 Å². The Morgan fingerprint density at radius 1 is 1.47 bits per heavy atom. The van der Waals surface area contributed by atoms with Crippen LogP contribution in [0.5, 0.6) is 0 Å². The zero-order chi connectivity index (χ0) is 12.3. The number of thioether (sulfide) groups is 1. The van der Waals surface area contributed by atoms with Crippen LogP contribution in [-0.4, -0.2) is 31.6 Å². The number of hydrogen-bond acceptors (Lipinski definition) is 3. The van der Waals surface area contributed by atoms with Crippen LogP contribution in [0.25, 0.3) is 0 Å². The van der Waals surface area contributed by atoms with Crippen LogP contribution in [0.4, 0.5) is 11.4 Å². The minimum atomic E-state index is 0.555. The molecule has 94 valence electrons. The summed E-state index contributed by atoms with van der Waals surface area (Å²) in [4.78, 5) is 2.33. The van der Waals surface area contributed by atoms with Gasteiger partial charge in [-0.15, -0.1) is 0 Å². The molecule has 1 aromatic rings. The molecular formula is C14H22N2S. The van der Waals surface area contributed by atoms with E-state index in [-0.39, 0.29) is 0 Å². The molecule has 1 unspecified atom stereocenters. The van der Waals surface area contributed by atoms with E-state index in [9.17, 15) is 0 Å². The molecule has 1 N–H and O–H groups in total. The van der Waals surface area contributed by atoms with Gasteiger partial charge in [-0.2, -0.15) is 11.8 Å². The van der Waals surface area contributed by atoms with Crippen LogP contribution in [0.1, 0.15) is 18.9 Å². The summed E-state index contributed by atoms with van der Waals surface area (Å²) in [5.41, 5.74) is 4.15. The summed E-state index contributed by atoms with van der Waals surface area (Å²) in [7, 11) is 2.17. The van der Waals surface area contributed by atoms with Crippen LogP contribution >= 0.6 is 11.8 Å². The van der Waals surface area contributed by atoms with Crippen LogP contribution in [-0.2, 0) is 6.42 Å². The number of nitrogens with zero attached hydrogens (tertiary/aromatic N) is 1. The Hall–Kier alpha value is -0.830. The average molecular weight is 250 g/mol.